The number of carbonyl (C=O) groups excluding carboxylic acids is 1. The second-order valence-electron chi connectivity index (χ2n) is 8.51. The molecule has 0 spiro atoms. The Morgan fingerprint density at radius 3 is 2.79 bits per heavy atom. The maximum atomic E-state index is 12.6. The lowest BCUT2D eigenvalue weighted by molar-refractivity contribution is -0.146. The van der Waals surface area contributed by atoms with Gasteiger partial charge in [0.1, 0.15) is 18.0 Å². The molecule has 1 aromatic carbocycles. The van der Waals surface area contributed by atoms with Crippen molar-refractivity contribution in [2.24, 2.45) is 11.8 Å². The molecule has 5 atom stereocenters. The predicted octanol–water partition coefficient (Wildman–Crippen LogP) is 4.05. The molecule has 0 saturated carbocycles. The number of rotatable bonds is 5. The van der Waals surface area contributed by atoms with Gasteiger partial charge < -0.3 is 18.9 Å². The van der Waals surface area contributed by atoms with E-state index in [1.54, 1.807) is 7.11 Å². The number of esters is 1. The van der Waals surface area contributed by atoms with Gasteiger partial charge in [-0.25, -0.2) is 0 Å². The number of allylic oxidation sites excluding steroid dienone is 2. The number of benzene rings is 1. The highest BCUT2D eigenvalue weighted by molar-refractivity contribution is 5.75. The van der Waals surface area contributed by atoms with Gasteiger partial charge in [0, 0.05) is 5.92 Å². The molecule has 0 N–H and O–H groups in total. The van der Waals surface area contributed by atoms with E-state index >= 15 is 0 Å². The molecule has 4 rings (SSSR count). The fraction of sp³-hybridized carbons (Fsp3) is 0.609. The van der Waals surface area contributed by atoms with Crippen molar-refractivity contribution in [2.75, 3.05) is 13.7 Å². The van der Waals surface area contributed by atoms with Crippen molar-refractivity contribution in [3.05, 3.63) is 41.5 Å². The first-order valence-electron chi connectivity index (χ1n) is 10.2. The Morgan fingerprint density at radius 1 is 1.25 bits per heavy atom. The van der Waals surface area contributed by atoms with Crippen molar-refractivity contribution in [3.63, 3.8) is 0 Å². The van der Waals surface area contributed by atoms with E-state index in [0.717, 1.165) is 37.0 Å². The van der Waals surface area contributed by atoms with Gasteiger partial charge in [0.2, 0.25) is 0 Å². The average molecular weight is 386 g/mol. The van der Waals surface area contributed by atoms with Crippen LogP contribution in [-0.4, -0.2) is 37.5 Å². The molecule has 3 aliphatic rings. The zero-order valence-electron chi connectivity index (χ0n) is 17.0. The van der Waals surface area contributed by atoms with Crippen molar-refractivity contribution < 1.29 is 23.7 Å². The summed E-state index contributed by atoms with van der Waals surface area (Å²) in [6.07, 6.45) is 6.14. The summed E-state index contributed by atoms with van der Waals surface area (Å²) in [5.41, 5.74) is 2.29. The molecule has 0 radical (unpaired) electrons. The molecule has 2 fully saturated rings. The van der Waals surface area contributed by atoms with Crippen LogP contribution in [0.1, 0.15) is 45.1 Å². The Labute approximate surface area is 167 Å². The van der Waals surface area contributed by atoms with Crippen LogP contribution in [-0.2, 0) is 25.6 Å². The molecule has 5 nitrogen and oxygen atoms in total. The third-order valence-electron chi connectivity index (χ3n) is 6.46. The minimum Gasteiger partial charge on any atom is -0.497 e. The number of hydrogen-bond donors (Lipinski definition) is 0. The first kappa shape index (κ1) is 19.5. The molecule has 152 valence electrons. The first-order valence-corrected chi connectivity index (χ1v) is 10.2. The van der Waals surface area contributed by atoms with Crippen molar-refractivity contribution in [1.29, 1.82) is 0 Å². The highest BCUT2D eigenvalue weighted by Gasteiger charge is 2.62. The van der Waals surface area contributed by atoms with Crippen molar-refractivity contribution in [2.45, 2.75) is 63.9 Å². The molecule has 2 aliphatic heterocycles. The van der Waals surface area contributed by atoms with E-state index in [-0.39, 0.29) is 35.6 Å². The number of methoxy groups -OCH3 is 1. The largest absolute Gasteiger partial charge is 0.497 e. The fourth-order valence-corrected chi connectivity index (χ4v) is 4.55. The summed E-state index contributed by atoms with van der Waals surface area (Å²) in [5, 5.41) is 0. The zero-order chi connectivity index (χ0) is 19.7. The summed E-state index contributed by atoms with van der Waals surface area (Å²) in [7, 11) is 1.65. The summed E-state index contributed by atoms with van der Waals surface area (Å²) in [6, 6.07) is 7.80. The standard InChI is InChI=1S/C23H30O5/c1-15-5-4-12-23(2)21(28-23)20-18(11-6-15)19(22(24)27-20)14-26-13-16-7-9-17(25-3)10-8-16/h5,7-10,18-21H,4,6,11-14H2,1-3H3/t18-,19-,20-,21-,23+/m0/s1. The van der Waals surface area contributed by atoms with Crippen molar-refractivity contribution in [1.82, 2.24) is 0 Å². The monoisotopic (exact) mass is 386 g/mol. The number of carbonyl (C=O) groups is 1. The molecule has 2 heterocycles. The van der Waals surface area contributed by atoms with E-state index in [0.29, 0.717) is 13.2 Å². The molecule has 1 aromatic rings. The quantitative estimate of drug-likeness (QED) is 0.434. The SMILES string of the molecule is COc1ccc(COC[C@@H]2C(=O)O[C@H]3[C@H]2CCC(C)=CCC[C@@]2(C)O[C@@H]32)cc1. The van der Waals surface area contributed by atoms with Gasteiger partial charge >= 0.3 is 5.97 Å². The van der Waals surface area contributed by atoms with E-state index in [4.69, 9.17) is 18.9 Å². The number of ether oxygens (including phenoxy) is 4. The maximum absolute atomic E-state index is 12.6. The number of fused-ring (bicyclic) bond motifs is 3. The van der Waals surface area contributed by atoms with Crippen LogP contribution in [0.3, 0.4) is 0 Å². The van der Waals surface area contributed by atoms with Crippen LogP contribution in [0.15, 0.2) is 35.9 Å². The lowest BCUT2D eigenvalue weighted by Crippen LogP contribution is -2.31. The predicted molar refractivity (Wildman–Crippen MR) is 105 cm³/mol. The van der Waals surface area contributed by atoms with Gasteiger partial charge in [-0.3, -0.25) is 4.79 Å². The molecule has 2 saturated heterocycles. The van der Waals surface area contributed by atoms with Crippen LogP contribution in [0.4, 0.5) is 0 Å². The normalized spacial score (nSPS) is 34.7. The van der Waals surface area contributed by atoms with Crippen LogP contribution >= 0.6 is 0 Å². The zero-order valence-corrected chi connectivity index (χ0v) is 17.0. The average Bonchev–Trinajstić information content (AvgIpc) is 3.26. The van der Waals surface area contributed by atoms with E-state index in [1.165, 1.54) is 5.57 Å². The van der Waals surface area contributed by atoms with Crippen LogP contribution in [0.25, 0.3) is 0 Å². The van der Waals surface area contributed by atoms with Gasteiger partial charge in [-0.1, -0.05) is 23.8 Å². The van der Waals surface area contributed by atoms with E-state index in [1.807, 2.05) is 24.3 Å². The van der Waals surface area contributed by atoms with Crippen LogP contribution in [0.5, 0.6) is 5.75 Å². The minimum atomic E-state index is -0.219. The number of epoxide rings is 1. The van der Waals surface area contributed by atoms with E-state index < -0.39 is 0 Å². The highest BCUT2D eigenvalue weighted by atomic mass is 16.6. The Morgan fingerprint density at radius 2 is 2.04 bits per heavy atom. The topological polar surface area (TPSA) is 57.3 Å². The Kier molecular flexibility index (Phi) is 5.48. The Hall–Kier alpha value is -1.85. The van der Waals surface area contributed by atoms with Gasteiger partial charge in [0.25, 0.3) is 0 Å². The lowest BCUT2D eigenvalue weighted by Gasteiger charge is -2.22. The fourth-order valence-electron chi connectivity index (χ4n) is 4.55. The molecule has 0 amide bonds. The van der Waals surface area contributed by atoms with E-state index in [2.05, 4.69) is 19.9 Å². The Balaban J connectivity index is 1.41. The molecule has 0 unspecified atom stereocenters. The van der Waals surface area contributed by atoms with Crippen LogP contribution < -0.4 is 4.74 Å². The summed E-state index contributed by atoms with van der Waals surface area (Å²) in [5.74, 6) is 0.618. The van der Waals surface area contributed by atoms with Crippen molar-refractivity contribution in [3.8, 4) is 5.75 Å². The second-order valence-corrected chi connectivity index (χ2v) is 8.51. The molecular formula is C23H30O5. The summed E-state index contributed by atoms with van der Waals surface area (Å²) in [4.78, 5) is 12.6. The molecule has 0 bridgehead atoms. The summed E-state index contributed by atoms with van der Waals surface area (Å²) in [6.45, 7) is 5.18. The molecule has 0 aromatic heterocycles. The smallest absolute Gasteiger partial charge is 0.312 e. The number of hydrogen-bond acceptors (Lipinski definition) is 5. The van der Waals surface area contributed by atoms with Crippen LogP contribution in [0.2, 0.25) is 0 Å². The lowest BCUT2D eigenvalue weighted by atomic mass is 9.81. The van der Waals surface area contributed by atoms with Gasteiger partial charge in [-0.05, 0) is 57.2 Å². The third-order valence-corrected chi connectivity index (χ3v) is 6.46. The van der Waals surface area contributed by atoms with Gasteiger partial charge in [-0.15, -0.1) is 0 Å². The Bertz CT molecular complexity index is 740. The minimum absolute atomic E-state index is 0.0276. The summed E-state index contributed by atoms with van der Waals surface area (Å²) >= 11 is 0. The maximum Gasteiger partial charge on any atom is 0.312 e. The highest BCUT2D eigenvalue weighted by Crippen LogP contribution is 2.50. The molecule has 1 aliphatic carbocycles. The van der Waals surface area contributed by atoms with Gasteiger partial charge in [0.05, 0.1) is 31.8 Å². The first-order chi connectivity index (χ1) is 13.5. The second kappa shape index (κ2) is 7.88. The van der Waals surface area contributed by atoms with Gasteiger partial charge in [0.15, 0.2) is 0 Å². The van der Waals surface area contributed by atoms with Crippen molar-refractivity contribution >= 4 is 5.97 Å². The molecular weight excluding hydrogens is 356 g/mol. The summed E-state index contributed by atoms with van der Waals surface area (Å²) < 4.78 is 22.9. The molecule has 5 heteroatoms. The van der Waals surface area contributed by atoms with Crippen LogP contribution in [0, 0.1) is 11.8 Å². The molecule has 28 heavy (non-hydrogen) atoms. The van der Waals surface area contributed by atoms with E-state index in [9.17, 15) is 4.79 Å². The third kappa shape index (κ3) is 3.96. The van der Waals surface area contributed by atoms with Gasteiger partial charge in [-0.2, -0.15) is 0 Å².